The Morgan fingerprint density at radius 3 is 0.778 bits per heavy atom. The number of thiocarbonyl (C=S) groups is 1. The van der Waals surface area contributed by atoms with E-state index in [1.165, 1.54) is 27.7 Å². The van der Waals surface area contributed by atoms with Gasteiger partial charge in [0.2, 0.25) is 0 Å². The van der Waals surface area contributed by atoms with Crippen molar-refractivity contribution in [2.24, 2.45) is 0 Å². The molecule has 0 fully saturated rings. The zero-order chi connectivity index (χ0) is 23.2. The average molecular weight is 410 g/mol. The molecule has 0 aromatic heterocycles. The summed E-state index contributed by atoms with van der Waals surface area (Å²) >= 11 is 4.54. The lowest BCUT2D eigenvalue weighted by atomic mass is 10.5. The summed E-state index contributed by atoms with van der Waals surface area (Å²) in [6.45, 7) is 15.0. The molecule has 0 aliphatic heterocycles. The molecule has 0 aromatic carbocycles. The molecule has 0 saturated carbocycles. The molecule has 0 aromatic rings. The molecule has 0 heterocycles. The van der Waals surface area contributed by atoms with E-state index in [-0.39, 0.29) is 5.78 Å². The van der Waals surface area contributed by atoms with Crippen LogP contribution in [0.5, 0.6) is 0 Å². The molecule has 1 N–H and O–H groups in total. The second-order valence-corrected chi connectivity index (χ2v) is 5.87. The van der Waals surface area contributed by atoms with Gasteiger partial charge >= 0.3 is 23.9 Å². The minimum Gasteiger partial charge on any atom is -0.394 e. The van der Waals surface area contributed by atoms with Crippen LogP contribution in [-0.2, 0) is 38.5 Å². The molecular formula is C17H31NO8S. The Morgan fingerprint density at radius 1 is 0.593 bits per heavy atom. The maximum Gasteiger partial charge on any atom is 0.352 e. The quantitative estimate of drug-likeness (QED) is 0.160. The first-order valence-corrected chi connectivity index (χ1v) is 7.87. The predicted molar refractivity (Wildman–Crippen MR) is 105 cm³/mol. The maximum absolute atomic E-state index is 9.85. The lowest BCUT2D eigenvalue weighted by Crippen LogP contribution is -2.03. The van der Waals surface area contributed by atoms with E-state index < -0.39 is 23.9 Å². The van der Waals surface area contributed by atoms with Gasteiger partial charge < -0.3 is 14.9 Å². The van der Waals surface area contributed by atoms with Gasteiger partial charge in [0.1, 0.15) is 5.78 Å². The van der Waals surface area contributed by atoms with E-state index >= 15 is 0 Å². The van der Waals surface area contributed by atoms with E-state index in [2.05, 4.69) is 26.7 Å². The molecule has 0 unspecified atom stereocenters. The molecule has 0 aliphatic carbocycles. The van der Waals surface area contributed by atoms with Crippen LogP contribution in [0.1, 0.15) is 69.2 Å². The number of ketones is 1. The second-order valence-electron chi connectivity index (χ2n) is 5.05. The van der Waals surface area contributed by atoms with Gasteiger partial charge in [-0.15, -0.1) is 0 Å². The number of ether oxygens (including phenoxy) is 1. The fourth-order valence-corrected chi connectivity index (χ4v) is 0.320. The van der Waals surface area contributed by atoms with Crippen molar-refractivity contribution in [3.63, 3.8) is 0 Å². The summed E-state index contributed by atoms with van der Waals surface area (Å²) in [4.78, 5) is 57.4. The predicted octanol–water partition coefficient (Wildman–Crippen LogP) is 3.16. The van der Waals surface area contributed by atoms with Crippen molar-refractivity contribution < 1.29 is 38.5 Å². The molecule has 158 valence electrons. The van der Waals surface area contributed by atoms with Crippen molar-refractivity contribution in [3.8, 4) is 0 Å². The Labute approximate surface area is 166 Å². The van der Waals surface area contributed by atoms with Crippen LogP contribution in [0, 0.1) is 5.41 Å². The van der Waals surface area contributed by atoms with E-state index in [1.54, 1.807) is 13.8 Å². The smallest absolute Gasteiger partial charge is 0.352 e. The van der Waals surface area contributed by atoms with Gasteiger partial charge in [-0.25, -0.2) is 19.4 Å². The van der Waals surface area contributed by atoms with Crippen molar-refractivity contribution in [2.75, 3.05) is 0 Å². The molecule has 0 bridgehead atoms. The Balaban J connectivity index is -0.0000000777. The van der Waals surface area contributed by atoms with Gasteiger partial charge in [-0.05, 0) is 46.4 Å². The van der Waals surface area contributed by atoms with Crippen LogP contribution in [0.2, 0.25) is 0 Å². The van der Waals surface area contributed by atoms with Crippen LogP contribution in [0.4, 0.5) is 0 Å². The third kappa shape index (κ3) is 257. The Bertz CT molecular complexity index is 435. The molecule has 0 saturated heterocycles. The largest absolute Gasteiger partial charge is 0.394 e. The van der Waals surface area contributed by atoms with Gasteiger partial charge in [0.05, 0.1) is 0 Å². The highest BCUT2D eigenvalue weighted by molar-refractivity contribution is 7.80. The third-order valence-corrected chi connectivity index (χ3v) is 0.564. The molecule has 9 nitrogen and oxygen atoms in total. The lowest BCUT2D eigenvalue weighted by Gasteiger charge is -1.93. The van der Waals surface area contributed by atoms with Gasteiger partial charge in [0.25, 0.3) is 0 Å². The average Bonchev–Trinajstić information content (AvgIpc) is 2.33. The monoisotopic (exact) mass is 409 g/mol. The van der Waals surface area contributed by atoms with Crippen LogP contribution < -0.4 is 0 Å². The summed E-state index contributed by atoms with van der Waals surface area (Å²) < 4.78 is 3.97. The molecule has 10 heteroatoms. The van der Waals surface area contributed by atoms with Gasteiger partial charge in [-0.2, -0.15) is 0 Å². The number of nitrogens with one attached hydrogen (secondary N) is 1. The topological polar surface area (TPSA) is 137 Å². The summed E-state index contributed by atoms with van der Waals surface area (Å²) in [7, 11) is 0. The normalized spacial score (nSPS) is 7.19. The highest BCUT2D eigenvalue weighted by Crippen LogP contribution is 1.78. The van der Waals surface area contributed by atoms with E-state index in [9.17, 15) is 24.0 Å². The number of Topliss-reactive ketones (excluding diaryl/α,β-unsaturated/α-hetero) is 1. The summed E-state index contributed by atoms with van der Waals surface area (Å²) in [5, 5.41) is 6.50. The molecule has 0 radical (unpaired) electrons. The number of carbonyl (C=O) groups is 5. The van der Waals surface area contributed by atoms with Crippen LogP contribution in [0.15, 0.2) is 0 Å². The van der Waals surface area contributed by atoms with E-state index in [1.807, 2.05) is 13.8 Å². The first-order chi connectivity index (χ1) is 11.9. The van der Waals surface area contributed by atoms with Crippen molar-refractivity contribution in [1.82, 2.24) is 0 Å². The highest BCUT2D eigenvalue weighted by atomic mass is 32.1. The zero-order valence-electron chi connectivity index (χ0n) is 17.7. The molecule has 0 atom stereocenters. The minimum absolute atomic E-state index is 0.167. The van der Waals surface area contributed by atoms with Crippen LogP contribution in [-0.4, -0.2) is 40.2 Å². The Hall–Kier alpha value is -2.49. The van der Waals surface area contributed by atoms with Gasteiger partial charge in [-0.1, -0.05) is 12.2 Å². The molecular weight excluding hydrogens is 378 g/mol. The fraction of sp³-hybridized carbons (Fsp3) is 0.588. The number of hydrogen-bond acceptors (Lipinski definition) is 10. The first-order valence-electron chi connectivity index (χ1n) is 7.46. The van der Waals surface area contributed by atoms with Gasteiger partial charge in [0, 0.05) is 33.4 Å². The number of rotatable bonds is 0. The SMILES string of the molecule is CC(=O)OC(C)=O.CC(=O)OOC(C)=O.CC(C)=N.CC(C)=O.CC(C)=S. The Kier molecular flexibility index (Phi) is 33.9. The minimum atomic E-state index is -0.639. The molecule has 0 rings (SSSR count). The zero-order valence-corrected chi connectivity index (χ0v) is 18.5. The third-order valence-electron chi connectivity index (χ3n) is 0.564. The van der Waals surface area contributed by atoms with Crippen molar-refractivity contribution in [1.29, 1.82) is 5.41 Å². The molecule has 0 amide bonds. The van der Waals surface area contributed by atoms with E-state index in [0.29, 0.717) is 5.71 Å². The van der Waals surface area contributed by atoms with Crippen molar-refractivity contribution in [3.05, 3.63) is 0 Å². The molecule has 0 aliphatic rings. The number of hydrogen-bond donors (Lipinski definition) is 1. The lowest BCUT2D eigenvalue weighted by molar-refractivity contribution is -0.255. The van der Waals surface area contributed by atoms with Crippen LogP contribution >= 0.6 is 12.2 Å². The van der Waals surface area contributed by atoms with E-state index in [0.717, 1.165) is 18.7 Å². The van der Waals surface area contributed by atoms with Crippen LogP contribution in [0.3, 0.4) is 0 Å². The summed E-state index contributed by atoms with van der Waals surface area (Å²) in [6.07, 6.45) is 0. The standard InChI is InChI=1S/C4H6O4.C4H6O3.C3H7N.C3H6O.C3H6S/c1-3(5)7-8-4(2)6;1-3(5)7-4(2)6;3*1-3(2)4/h1-2H3;1-2H3;4H,1-2H3;2*1-2H3. The summed E-state index contributed by atoms with van der Waals surface area (Å²) in [6, 6.07) is 0. The summed E-state index contributed by atoms with van der Waals surface area (Å²) in [5.74, 6) is -2.24. The van der Waals surface area contributed by atoms with E-state index in [4.69, 9.17) is 5.41 Å². The molecule has 27 heavy (non-hydrogen) atoms. The second kappa shape index (κ2) is 25.7. The highest BCUT2D eigenvalue weighted by Gasteiger charge is 1.95. The van der Waals surface area contributed by atoms with Gasteiger partial charge in [-0.3, -0.25) is 9.59 Å². The first kappa shape index (κ1) is 35.6. The Morgan fingerprint density at radius 2 is 0.741 bits per heavy atom. The molecule has 0 spiro atoms. The van der Waals surface area contributed by atoms with Crippen molar-refractivity contribution in [2.45, 2.75) is 69.2 Å². The van der Waals surface area contributed by atoms with Crippen LogP contribution in [0.25, 0.3) is 0 Å². The maximum atomic E-state index is 9.85. The van der Waals surface area contributed by atoms with Crippen molar-refractivity contribution >= 4 is 52.5 Å². The summed E-state index contributed by atoms with van der Waals surface area (Å²) in [5.41, 5.74) is 0.667. The fourth-order valence-electron chi connectivity index (χ4n) is 0.320. The number of carbonyl (C=O) groups excluding carboxylic acids is 5. The van der Waals surface area contributed by atoms with Gasteiger partial charge in [0.15, 0.2) is 0 Å². The number of esters is 2.